The molecule has 4 aliphatic rings. The molecule has 21 heavy (non-hydrogen) atoms. The van der Waals surface area contributed by atoms with Crippen LogP contribution in [0.3, 0.4) is 0 Å². The lowest BCUT2D eigenvalue weighted by atomic mass is 9.47. The number of fused-ring (bicyclic) bond motifs is 5. The molecule has 0 amide bonds. The van der Waals surface area contributed by atoms with E-state index in [1.165, 1.54) is 44.9 Å². The maximum absolute atomic E-state index is 10.5. The van der Waals surface area contributed by atoms with Crippen LogP contribution in [0, 0.1) is 28.6 Å². The Hall–Kier alpha value is -0.340. The standard InChI is InChI=1S/C19H30O2/c1-18-11-9-16-14(15(18)7-8-17(18)21)6-5-13-4-2-3-10-19(13,16)12-20/h4,14-17,20-21H,2-3,5-12H2,1H3/t14-,15-,16-,17-,18-,19+/m0/s1. The molecule has 0 aliphatic heterocycles. The Balaban J connectivity index is 1.70. The molecule has 0 aromatic heterocycles. The highest BCUT2D eigenvalue weighted by atomic mass is 16.3. The van der Waals surface area contributed by atoms with Crippen LogP contribution < -0.4 is 0 Å². The molecule has 118 valence electrons. The number of rotatable bonds is 1. The third-order valence-corrected chi connectivity index (χ3v) is 7.98. The smallest absolute Gasteiger partial charge is 0.0596 e. The van der Waals surface area contributed by atoms with Gasteiger partial charge in [-0.15, -0.1) is 0 Å². The lowest BCUT2D eigenvalue weighted by Gasteiger charge is -2.58. The highest BCUT2D eigenvalue weighted by Crippen LogP contribution is 2.65. The summed E-state index contributed by atoms with van der Waals surface area (Å²) in [5.41, 5.74) is 1.85. The van der Waals surface area contributed by atoms with Crippen molar-refractivity contribution in [3.05, 3.63) is 11.6 Å². The zero-order chi connectivity index (χ0) is 14.7. The lowest BCUT2D eigenvalue weighted by Crippen LogP contribution is -2.53. The summed E-state index contributed by atoms with van der Waals surface area (Å²) in [5, 5.41) is 20.7. The molecule has 2 heteroatoms. The normalized spacial score (nSPS) is 52.6. The third kappa shape index (κ3) is 1.78. The van der Waals surface area contributed by atoms with Crippen molar-refractivity contribution in [2.75, 3.05) is 6.61 Å². The molecule has 0 spiro atoms. The maximum atomic E-state index is 10.5. The largest absolute Gasteiger partial charge is 0.395 e. The Bertz CT molecular complexity index is 456. The summed E-state index contributed by atoms with van der Waals surface area (Å²) >= 11 is 0. The van der Waals surface area contributed by atoms with Crippen LogP contribution >= 0.6 is 0 Å². The number of aliphatic hydroxyl groups is 2. The van der Waals surface area contributed by atoms with Gasteiger partial charge in [-0.1, -0.05) is 18.6 Å². The van der Waals surface area contributed by atoms with Crippen molar-refractivity contribution in [2.24, 2.45) is 28.6 Å². The molecule has 4 aliphatic carbocycles. The van der Waals surface area contributed by atoms with Gasteiger partial charge < -0.3 is 10.2 Å². The van der Waals surface area contributed by atoms with Gasteiger partial charge in [0.1, 0.15) is 0 Å². The number of hydrogen-bond acceptors (Lipinski definition) is 2. The zero-order valence-electron chi connectivity index (χ0n) is 13.4. The molecule has 0 unspecified atom stereocenters. The number of aliphatic hydroxyl groups excluding tert-OH is 2. The monoisotopic (exact) mass is 290 g/mol. The van der Waals surface area contributed by atoms with E-state index in [2.05, 4.69) is 13.0 Å². The van der Waals surface area contributed by atoms with Crippen molar-refractivity contribution in [1.82, 2.24) is 0 Å². The van der Waals surface area contributed by atoms with E-state index in [-0.39, 0.29) is 16.9 Å². The minimum atomic E-state index is -0.0863. The quantitative estimate of drug-likeness (QED) is 0.723. The average molecular weight is 290 g/mol. The second kappa shape index (κ2) is 4.83. The van der Waals surface area contributed by atoms with Gasteiger partial charge in [0.15, 0.2) is 0 Å². The molecular weight excluding hydrogens is 260 g/mol. The van der Waals surface area contributed by atoms with E-state index < -0.39 is 0 Å². The van der Waals surface area contributed by atoms with Gasteiger partial charge in [-0.3, -0.25) is 0 Å². The maximum Gasteiger partial charge on any atom is 0.0596 e. The van der Waals surface area contributed by atoms with Crippen LogP contribution in [-0.2, 0) is 0 Å². The molecule has 2 nitrogen and oxygen atoms in total. The minimum absolute atomic E-state index is 0.0863. The minimum Gasteiger partial charge on any atom is -0.395 e. The fourth-order valence-electron chi connectivity index (χ4n) is 6.80. The summed E-state index contributed by atoms with van der Waals surface area (Å²) in [6.07, 6.45) is 13.1. The Kier molecular flexibility index (Phi) is 3.28. The van der Waals surface area contributed by atoms with E-state index >= 15 is 0 Å². The second-order valence-corrected chi connectivity index (χ2v) is 8.49. The molecule has 0 bridgehead atoms. The molecule has 3 fully saturated rings. The van der Waals surface area contributed by atoms with Crippen LogP contribution in [0.15, 0.2) is 11.6 Å². The molecule has 4 rings (SSSR count). The van der Waals surface area contributed by atoms with E-state index in [0.717, 1.165) is 18.8 Å². The molecule has 0 aromatic carbocycles. The van der Waals surface area contributed by atoms with Crippen molar-refractivity contribution in [3.8, 4) is 0 Å². The van der Waals surface area contributed by atoms with Crippen molar-refractivity contribution in [3.63, 3.8) is 0 Å². The average Bonchev–Trinajstić information content (AvgIpc) is 2.82. The van der Waals surface area contributed by atoms with E-state index in [4.69, 9.17) is 0 Å². The fourth-order valence-corrected chi connectivity index (χ4v) is 6.80. The Morgan fingerprint density at radius 1 is 1.14 bits per heavy atom. The molecule has 6 atom stereocenters. The van der Waals surface area contributed by atoms with E-state index in [9.17, 15) is 10.2 Å². The predicted octanol–water partition coefficient (Wildman–Crippen LogP) is 3.67. The highest BCUT2D eigenvalue weighted by Gasteiger charge is 2.59. The molecule has 0 aromatic rings. The Labute approximate surface area is 128 Å². The Morgan fingerprint density at radius 3 is 2.81 bits per heavy atom. The first-order valence-electron chi connectivity index (χ1n) is 9.10. The van der Waals surface area contributed by atoms with Crippen LogP contribution in [0.1, 0.15) is 64.7 Å². The third-order valence-electron chi connectivity index (χ3n) is 7.98. The molecule has 2 N–H and O–H groups in total. The van der Waals surface area contributed by atoms with Gasteiger partial charge in [0.05, 0.1) is 12.7 Å². The Morgan fingerprint density at radius 2 is 2.00 bits per heavy atom. The summed E-state index contributed by atoms with van der Waals surface area (Å²) in [7, 11) is 0. The zero-order valence-corrected chi connectivity index (χ0v) is 13.4. The summed E-state index contributed by atoms with van der Waals surface area (Å²) < 4.78 is 0. The summed E-state index contributed by atoms with van der Waals surface area (Å²) in [6, 6.07) is 0. The second-order valence-electron chi connectivity index (χ2n) is 8.49. The highest BCUT2D eigenvalue weighted by molar-refractivity contribution is 5.25. The summed E-state index contributed by atoms with van der Waals surface area (Å²) in [5.74, 6) is 2.10. The SMILES string of the molecule is C[C@]12CC[C@H]3[C@@H](CCC4=CCCC[C@@]43CO)[C@@H]1CC[C@@H]2O. The molecule has 3 saturated carbocycles. The van der Waals surface area contributed by atoms with Gasteiger partial charge in [-0.05, 0) is 81.0 Å². The van der Waals surface area contributed by atoms with Crippen LogP contribution in [0.5, 0.6) is 0 Å². The van der Waals surface area contributed by atoms with Crippen LogP contribution in [0.4, 0.5) is 0 Å². The van der Waals surface area contributed by atoms with Crippen molar-refractivity contribution >= 4 is 0 Å². The van der Waals surface area contributed by atoms with Gasteiger partial charge in [-0.25, -0.2) is 0 Å². The van der Waals surface area contributed by atoms with Crippen molar-refractivity contribution < 1.29 is 10.2 Å². The number of allylic oxidation sites excluding steroid dienone is 1. The summed E-state index contributed by atoms with van der Waals surface area (Å²) in [6.45, 7) is 2.69. The molecular formula is C19H30O2. The first kappa shape index (κ1) is 14.3. The van der Waals surface area contributed by atoms with Crippen LogP contribution in [0.25, 0.3) is 0 Å². The van der Waals surface area contributed by atoms with Crippen LogP contribution in [-0.4, -0.2) is 22.9 Å². The molecule has 0 radical (unpaired) electrons. The van der Waals surface area contributed by atoms with Gasteiger partial charge in [0.2, 0.25) is 0 Å². The first-order chi connectivity index (χ1) is 10.1. The molecule has 0 saturated heterocycles. The lowest BCUT2D eigenvalue weighted by molar-refractivity contribution is -0.0903. The first-order valence-corrected chi connectivity index (χ1v) is 9.10. The van der Waals surface area contributed by atoms with Crippen molar-refractivity contribution in [1.29, 1.82) is 0 Å². The fraction of sp³-hybridized carbons (Fsp3) is 0.895. The van der Waals surface area contributed by atoms with Crippen molar-refractivity contribution in [2.45, 2.75) is 70.8 Å². The van der Waals surface area contributed by atoms with Gasteiger partial charge in [0, 0.05) is 5.41 Å². The molecule has 0 heterocycles. The van der Waals surface area contributed by atoms with E-state index in [0.29, 0.717) is 18.4 Å². The van der Waals surface area contributed by atoms with E-state index in [1.807, 2.05) is 0 Å². The van der Waals surface area contributed by atoms with E-state index in [1.54, 1.807) is 5.57 Å². The predicted molar refractivity (Wildman–Crippen MR) is 83.7 cm³/mol. The van der Waals surface area contributed by atoms with Gasteiger partial charge in [0.25, 0.3) is 0 Å². The summed E-state index contributed by atoms with van der Waals surface area (Å²) in [4.78, 5) is 0. The van der Waals surface area contributed by atoms with Gasteiger partial charge >= 0.3 is 0 Å². The number of hydrogen-bond donors (Lipinski definition) is 2. The topological polar surface area (TPSA) is 40.5 Å². The van der Waals surface area contributed by atoms with Gasteiger partial charge in [-0.2, -0.15) is 0 Å². The van der Waals surface area contributed by atoms with Crippen LogP contribution in [0.2, 0.25) is 0 Å².